The number of phenols is 1. The van der Waals surface area contributed by atoms with Crippen LogP contribution in [-0.4, -0.2) is 119 Å². The van der Waals surface area contributed by atoms with Crippen LogP contribution < -0.4 is 19.6 Å². The van der Waals surface area contributed by atoms with Crippen molar-refractivity contribution in [2.24, 2.45) is 0 Å². The molecule has 2 aliphatic rings. The number of hydrogen-bond acceptors (Lipinski definition) is 16. The number of benzene rings is 2. The lowest BCUT2D eigenvalue weighted by Crippen LogP contribution is -2.62. The zero-order valence-electron chi connectivity index (χ0n) is 25.7. The number of aromatic hydroxyl groups is 1. The van der Waals surface area contributed by atoms with Crippen molar-refractivity contribution in [2.45, 2.75) is 75.3 Å². The Morgan fingerprint density at radius 1 is 0.872 bits per heavy atom. The number of esters is 1. The molecule has 2 fully saturated rings. The molecule has 10 atom stereocenters. The lowest BCUT2D eigenvalue weighted by molar-refractivity contribution is -0.319. The van der Waals surface area contributed by atoms with E-state index >= 15 is 0 Å². The molecule has 16 nitrogen and oxygen atoms in total. The molecule has 0 spiro atoms. The van der Waals surface area contributed by atoms with E-state index in [4.69, 9.17) is 37.6 Å². The fourth-order valence-electron chi connectivity index (χ4n) is 5.41. The highest BCUT2D eigenvalue weighted by molar-refractivity contribution is 5.89. The highest BCUT2D eigenvalue weighted by Crippen LogP contribution is 2.43. The SMILES string of the molecule is COc1ccc(-c2cc(=O)c3c(O)c(OC)c(O[C@@H]4O[C@H](CO[C@@H]5O[C@@H](C)[C@H](OC(C)=O)[C@H](O)[C@H]5O)[C@H](O)[C@H](O)[C@H]4O)cc3o2)cc1. The van der Waals surface area contributed by atoms with Crippen LogP contribution in [0.3, 0.4) is 0 Å². The standard InChI is InChI=1S/C31H36O16/c1-12-28(44-13(2)32)25(37)27(39)30(43-12)42-11-20-22(34)24(36)26(38)31(47-20)46-19-10-18-21(23(35)29(19)41-4)16(33)9-17(45-18)14-5-7-15(40-3)8-6-14/h5-10,12,20,22,24-28,30-31,34-39H,11H2,1-4H3/t12-,20+,22-,24-,25+,26+,27+,28-,30+,31+/m0/s1. The summed E-state index contributed by atoms with van der Waals surface area (Å²) in [5.41, 5.74) is -0.162. The summed E-state index contributed by atoms with van der Waals surface area (Å²) in [6.07, 6.45) is -15.2. The number of fused-ring (bicyclic) bond motifs is 1. The molecule has 16 heteroatoms. The third-order valence-corrected chi connectivity index (χ3v) is 7.91. The highest BCUT2D eigenvalue weighted by Gasteiger charge is 2.48. The fraction of sp³-hybridized carbons (Fsp3) is 0.484. The molecule has 0 saturated carbocycles. The zero-order chi connectivity index (χ0) is 34.2. The molecule has 2 saturated heterocycles. The first-order chi connectivity index (χ1) is 22.3. The lowest BCUT2D eigenvalue weighted by Gasteiger charge is -2.43. The van der Waals surface area contributed by atoms with Crippen molar-refractivity contribution in [1.82, 2.24) is 0 Å². The van der Waals surface area contributed by atoms with Gasteiger partial charge in [-0.3, -0.25) is 9.59 Å². The van der Waals surface area contributed by atoms with Gasteiger partial charge < -0.3 is 68.2 Å². The molecular formula is C31H36O16. The zero-order valence-corrected chi connectivity index (χ0v) is 25.7. The number of carbonyl (C=O) groups is 1. The maximum atomic E-state index is 13.0. The van der Waals surface area contributed by atoms with Crippen molar-refractivity contribution < 1.29 is 73.0 Å². The van der Waals surface area contributed by atoms with Crippen LogP contribution >= 0.6 is 0 Å². The molecule has 0 unspecified atom stereocenters. The maximum Gasteiger partial charge on any atom is 0.303 e. The Morgan fingerprint density at radius 3 is 2.19 bits per heavy atom. The van der Waals surface area contributed by atoms with Gasteiger partial charge in [-0.05, 0) is 31.2 Å². The minimum absolute atomic E-state index is 0.106. The smallest absolute Gasteiger partial charge is 0.303 e. The van der Waals surface area contributed by atoms with Gasteiger partial charge in [0.15, 0.2) is 29.3 Å². The van der Waals surface area contributed by atoms with Gasteiger partial charge in [0.2, 0.25) is 12.0 Å². The Bertz CT molecular complexity index is 1620. The predicted octanol–water partition coefficient (Wildman–Crippen LogP) is -0.216. The largest absolute Gasteiger partial charge is 0.504 e. The van der Waals surface area contributed by atoms with Crippen molar-refractivity contribution in [2.75, 3.05) is 20.8 Å². The van der Waals surface area contributed by atoms with Crippen molar-refractivity contribution in [3.8, 4) is 34.3 Å². The van der Waals surface area contributed by atoms with Crippen molar-refractivity contribution in [3.63, 3.8) is 0 Å². The number of aliphatic hydroxyl groups excluding tert-OH is 5. The minimum Gasteiger partial charge on any atom is -0.504 e. The first-order valence-corrected chi connectivity index (χ1v) is 14.5. The van der Waals surface area contributed by atoms with Crippen molar-refractivity contribution in [1.29, 1.82) is 0 Å². The van der Waals surface area contributed by atoms with Gasteiger partial charge in [0.25, 0.3) is 0 Å². The molecule has 3 aromatic rings. The molecule has 2 aliphatic heterocycles. The summed E-state index contributed by atoms with van der Waals surface area (Å²) >= 11 is 0. The molecule has 2 aromatic carbocycles. The Labute approximate surface area is 267 Å². The van der Waals surface area contributed by atoms with Gasteiger partial charge >= 0.3 is 5.97 Å². The molecule has 0 amide bonds. The van der Waals surface area contributed by atoms with E-state index in [2.05, 4.69) is 0 Å². The van der Waals surface area contributed by atoms with E-state index < -0.39 is 85.2 Å². The van der Waals surface area contributed by atoms with E-state index in [1.54, 1.807) is 24.3 Å². The third kappa shape index (κ3) is 6.86. The Balaban J connectivity index is 1.37. The molecule has 5 rings (SSSR count). The number of hydrogen-bond donors (Lipinski definition) is 6. The molecule has 256 valence electrons. The van der Waals surface area contributed by atoms with Crippen molar-refractivity contribution >= 4 is 16.9 Å². The van der Waals surface area contributed by atoms with Crippen LogP contribution in [0.25, 0.3) is 22.3 Å². The van der Waals surface area contributed by atoms with Crippen LogP contribution in [0, 0.1) is 0 Å². The summed E-state index contributed by atoms with van der Waals surface area (Å²) in [5.74, 6) is -1.13. The van der Waals surface area contributed by atoms with Crippen molar-refractivity contribution in [3.05, 3.63) is 46.6 Å². The van der Waals surface area contributed by atoms with Gasteiger partial charge in [0.1, 0.15) is 59.1 Å². The first kappa shape index (κ1) is 34.3. The first-order valence-electron chi connectivity index (χ1n) is 14.5. The fourth-order valence-corrected chi connectivity index (χ4v) is 5.41. The van der Waals surface area contributed by atoms with Crippen LogP contribution in [0.1, 0.15) is 13.8 Å². The molecule has 3 heterocycles. The molecular weight excluding hydrogens is 628 g/mol. The monoisotopic (exact) mass is 664 g/mol. The number of rotatable bonds is 9. The molecule has 0 radical (unpaired) electrons. The normalized spacial score (nSPS) is 30.9. The van der Waals surface area contributed by atoms with Crippen LogP contribution in [-0.2, 0) is 23.7 Å². The Kier molecular flexibility index (Phi) is 10.2. The highest BCUT2D eigenvalue weighted by atomic mass is 16.7. The molecule has 1 aromatic heterocycles. The lowest BCUT2D eigenvalue weighted by atomic mass is 9.98. The second kappa shape index (κ2) is 14.0. The average molecular weight is 665 g/mol. The second-order valence-corrected chi connectivity index (χ2v) is 11.1. The number of phenolic OH excluding ortho intramolecular Hbond substituents is 1. The third-order valence-electron chi connectivity index (χ3n) is 7.91. The molecule has 0 aliphatic carbocycles. The molecule has 6 N–H and O–H groups in total. The molecule has 0 bridgehead atoms. The number of carbonyl (C=O) groups excluding carboxylic acids is 1. The number of aliphatic hydroxyl groups is 5. The van der Waals surface area contributed by atoms with Gasteiger partial charge in [0, 0.05) is 24.6 Å². The van der Waals surface area contributed by atoms with E-state index in [1.807, 2.05) is 0 Å². The summed E-state index contributed by atoms with van der Waals surface area (Å²) < 4.78 is 44.0. The van der Waals surface area contributed by atoms with Gasteiger partial charge in [-0.1, -0.05) is 0 Å². The van der Waals surface area contributed by atoms with Crippen LogP contribution in [0.5, 0.6) is 23.0 Å². The average Bonchev–Trinajstić information content (AvgIpc) is 3.04. The van der Waals surface area contributed by atoms with Crippen LogP contribution in [0.4, 0.5) is 0 Å². The van der Waals surface area contributed by atoms with E-state index in [1.165, 1.54) is 33.3 Å². The summed E-state index contributed by atoms with van der Waals surface area (Å²) in [5, 5.41) is 63.6. The van der Waals surface area contributed by atoms with E-state index in [0.717, 1.165) is 6.92 Å². The maximum absolute atomic E-state index is 13.0. The van der Waals surface area contributed by atoms with Gasteiger partial charge in [-0.15, -0.1) is 0 Å². The summed E-state index contributed by atoms with van der Waals surface area (Å²) in [6.45, 7) is 2.09. The molecule has 47 heavy (non-hydrogen) atoms. The second-order valence-electron chi connectivity index (χ2n) is 11.1. The van der Waals surface area contributed by atoms with Gasteiger partial charge in [-0.2, -0.15) is 0 Å². The Hall–Kier alpha value is -4.00. The van der Waals surface area contributed by atoms with Crippen LogP contribution in [0.15, 0.2) is 45.6 Å². The number of ether oxygens (including phenoxy) is 7. The Morgan fingerprint density at radius 2 is 1.55 bits per heavy atom. The van der Waals surface area contributed by atoms with Gasteiger partial charge in [0.05, 0.1) is 26.9 Å². The quantitative estimate of drug-likeness (QED) is 0.162. The van der Waals surface area contributed by atoms with E-state index in [9.17, 15) is 40.2 Å². The summed E-state index contributed by atoms with van der Waals surface area (Å²) in [4.78, 5) is 24.4. The summed E-state index contributed by atoms with van der Waals surface area (Å²) in [7, 11) is 2.71. The van der Waals surface area contributed by atoms with E-state index in [0.29, 0.717) is 11.3 Å². The van der Waals surface area contributed by atoms with Gasteiger partial charge in [-0.25, -0.2) is 0 Å². The summed E-state index contributed by atoms with van der Waals surface area (Å²) in [6, 6.07) is 9.11. The van der Waals surface area contributed by atoms with E-state index in [-0.39, 0.29) is 28.2 Å². The number of methoxy groups -OCH3 is 2. The predicted molar refractivity (Wildman–Crippen MR) is 158 cm³/mol. The minimum atomic E-state index is -1.83. The van der Waals surface area contributed by atoms with Crippen LogP contribution in [0.2, 0.25) is 0 Å². The topological polar surface area (TPSA) is 233 Å².